The van der Waals surface area contributed by atoms with Gasteiger partial charge in [0.2, 0.25) is 5.91 Å². The van der Waals surface area contributed by atoms with Crippen LogP contribution in [0.15, 0.2) is 47.4 Å². The molecule has 1 amide bonds. The number of hydrogen-bond donors (Lipinski definition) is 0. The summed E-state index contributed by atoms with van der Waals surface area (Å²) in [5, 5.41) is 0.948. The van der Waals surface area contributed by atoms with Gasteiger partial charge in [-0.25, -0.2) is 4.98 Å². The molecule has 1 aliphatic rings. The molecule has 0 atom stereocenters. The Labute approximate surface area is 191 Å². The number of thiazole rings is 1. The number of methoxy groups -OCH3 is 2. The molecule has 3 aromatic rings. The van der Waals surface area contributed by atoms with Gasteiger partial charge in [-0.1, -0.05) is 29.5 Å². The van der Waals surface area contributed by atoms with Crippen LogP contribution in [0.4, 0.5) is 5.13 Å². The fraction of sp³-hybridized carbons (Fsp3) is 0.391. The van der Waals surface area contributed by atoms with Crippen molar-refractivity contribution in [3.63, 3.8) is 0 Å². The molecule has 8 heteroatoms. The number of benzene rings is 2. The fourth-order valence-electron chi connectivity index (χ4n) is 3.64. The first-order chi connectivity index (χ1) is 15.2. The quantitative estimate of drug-likeness (QED) is 0.366. The highest BCUT2D eigenvalue weighted by Crippen LogP contribution is 2.40. The van der Waals surface area contributed by atoms with Gasteiger partial charge < -0.3 is 19.3 Å². The van der Waals surface area contributed by atoms with Crippen LogP contribution in [0.2, 0.25) is 0 Å². The summed E-state index contributed by atoms with van der Waals surface area (Å²) >= 11 is 3.42. The zero-order chi connectivity index (χ0) is 21.6. The number of carbonyl (C=O) groups excluding carboxylic acids is 1. The molecular formula is C23H27N3O3S2. The molecule has 2 aromatic carbocycles. The van der Waals surface area contributed by atoms with Crippen molar-refractivity contribution >= 4 is 44.4 Å². The number of piperazine rings is 1. The SMILES string of the molecule is COc1ccc(OC)c2sc(N3CCN(C(=O)CCCSc4ccccc4)CC3)nc12. The third kappa shape index (κ3) is 5.07. The van der Waals surface area contributed by atoms with Crippen LogP contribution < -0.4 is 14.4 Å². The lowest BCUT2D eigenvalue weighted by Gasteiger charge is -2.34. The molecule has 0 unspecified atom stereocenters. The lowest BCUT2D eigenvalue weighted by molar-refractivity contribution is -0.131. The van der Waals surface area contributed by atoms with Crippen molar-refractivity contribution in [2.75, 3.05) is 51.1 Å². The molecule has 2 heterocycles. The van der Waals surface area contributed by atoms with Gasteiger partial charge in [0.25, 0.3) is 0 Å². The highest BCUT2D eigenvalue weighted by atomic mass is 32.2. The van der Waals surface area contributed by atoms with Crippen molar-refractivity contribution in [3.05, 3.63) is 42.5 Å². The zero-order valence-electron chi connectivity index (χ0n) is 17.9. The average Bonchev–Trinajstić information content (AvgIpc) is 3.27. The monoisotopic (exact) mass is 457 g/mol. The topological polar surface area (TPSA) is 54.9 Å². The lowest BCUT2D eigenvalue weighted by Crippen LogP contribution is -2.48. The van der Waals surface area contributed by atoms with Gasteiger partial charge in [0, 0.05) is 37.5 Å². The minimum Gasteiger partial charge on any atom is -0.495 e. The molecule has 4 rings (SSSR count). The third-order valence-electron chi connectivity index (χ3n) is 5.35. The standard InChI is InChI=1S/C23H27N3O3S2/c1-28-18-10-11-19(29-2)22-21(18)24-23(31-22)26-14-12-25(13-15-26)20(27)9-6-16-30-17-7-4-3-5-8-17/h3-5,7-8,10-11H,6,9,12-16H2,1-2H3. The van der Waals surface area contributed by atoms with E-state index in [1.165, 1.54) is 4.90 Å². The van der Waals surface area contributed by atoms with E-state index in [9.17, 15) is 4.79 Å². The van der Waals surface area contributed by atoms with Crippen LogP contribution in [-0.2, 0) is 4.79 Å². The first kappa shape index (κ1) is 21.8. The van der Waals surface area contributed by atoms with Gasteiger partial charge in [-0.2, -0.15) is 0 Å². The molecule has 0 spiro atoms. The molecule has 0 N–H and O–H groups in total. The Hall–Kier alpha value is -2.45. The number of thioether (sulfide) groups is 1. The molecule has 1 fully saturated rings. The van der Waals surface area contributed by atoms with Gasteiger partial charge in [-0.15, -0.1) is 11.8 Å². The van der Waals surface area contributed by atoms with Crippen LogP contribution in [0.5, 0.6) is 11.5 Å². The maximum Gasteiger partial charge on any atom is 0.222 e. The highest BCUT2D eigenvalue weighted by molar-refractivity contribution is 7.99. The summed E-state index contributed by atoms with van der Waals surface area (Å²) in [6, 6.07) is 14.1. The van der Waals surface area contributed by atoms with E-state index in [0.717, 1.165) is 65.2 Å². The summed E-state index contributed by atoms with van der Waals surface area (Å²) in [6.07, 6.45) is 1.51. The van der Waals surface area contributed by atoms with Crippen LogP contribution in [0.3, 0.4) is 0 Å². The van der Waals surface area contributed by atoms with E-state index >= 15 is 0 Å². The molecular weight excluding hydrogens is 430 g/mol. The second-order valence-corrected chi connectivity index (χ2v) is 9.42. The lowest BCUT2D eigenvalue weighted by atomic mass is 10.2. The molecule has 1 aliphatic heterocycles. The van der Waals surface area contributed by atoms with Gasteiger partial charge in [0.05, 0.1) is 14.2 Å². The van der Waals surface area contributed by atoms with Crippen molar-refractivity contribution in [1.29, 1.82) is 0 Å². The summed E-state index contributed by atoms with van der Waals surface area (Å²) in [7, 11) is 3.33. The Morgan fingerprint density at radius 1 is 1.03 bits per heavy atom. The predicted molar refractivity (Wildman–Crippen MR) is 128 cm³/mol. The largest absolute Gasteiger partial charge is 0.495 e. The van der Waals surface area contributed by atoms with Crippen molar-refractivity contribution < 1.29 is 14.3 Å². The van der Waals surface area contributed by atoms with E-state index in [4.69, 9.17) is 14.5 Å². The van der Waals surface area contributed by atoms with E-state index < -0.39 is 0 Å². The number of aromatic nitrogens is 1. The summed E-state index contributed by atoms with van der Waals surface area (Å²) < 4.78 is 12.0. The van der Waals surface area contributed by atoms with E-state index in [1.807, 2.05) is 47.0 Å². The number of amides is 1. The zero-order valence-corrected chi connectivity index (χ0v) is 19.5. The maximum atomic E-state index is 12.6. The summed E-state index contributed by atoms with van der Waals surface area (Å²) in [5.41, 5.74) is 0.830. The average molecular weight is 458 g/mol. The molecule has 1 aromatic heterocycles. The Balaban J connectivity index is 1.29. The van der Waals surface area contributed by atoms with Crippen molar-refractivity contribution in [3.8, 4) is 11.5 Å². The molecule has 0 saturated carbocycles. The van der Waals surface area contributed by atoms with Crippen LogP contribution in [0, 0.1) is 0 Å². The van der Waals surface area contributed by atoms with E-state index in [1.54, 1.807) is 25.6 Å². The maximum absolute atomic E-state index is 12.6. The molecule has 0 bridgehead atoms. The summed E-state index contributed by atoms with van der Waals surface area (Å²) in [4.78, 5) is 22.9. The van der Waals surface area contributed by atoms with Gasteiger partial charge in [0.1, 0.15) is 21.7 Å². The van der Waals surface area contributed by atoms with Gasteiger partial charge in [0.15, 0.2) is 5.13 Å². The Morgan fingerprint density at radius 2 is 1.74 bits per heavy atom. The number of rotatable bonds is 8. The normalized spacial score (nSPS) is 14.1. The van der Waals surface area contributed by atoms with Gasteiger partial charge >= 0.3 is 0 Å². The first-order valence-corrected chi connectivity index (χ1v) is 12.2. The van der Waals surface area contributed by atoms with Crippen LogP contribution in [0.1, 0.15) is 12.8 Å². The van der Waals surface area contributed by atoms with E-state index in [0.29, 0.717) is 6.42 Å². The molecule has 31 heavy (non-hydrogen) atoms. The summed E-state index contributed by atoms with van der Waals surface area (Å²) in [6.45, 7) is 3.04. The molecule has 1 saturated heterocycles. The number of anilines is 1. The second-order valence-electron chi connectivity index (χ2n) is 7.28. The van der Waals surface area contributed by atoms with Crippen molar-refractivity contribution in [2.45, 2.75) is 17.7 Å². The first-order valence-electron chi connectivity index (χ1n) is 10.4. The second kappa shape index (κ2) is 10.2. The number of hydrogen-bond acceptors (Lipinski definition) is 7. The molecule has 0 aliphatic carbocycles. The Kier molecular flexibility index (Phi) is 7.19. The molecule has 0 radical (unpaired) electrons. The van der Waals surface area contributed by atoms with Crippen LogP contribution >= 0.6 is 23.1 Å². The predicted octanol–water partition coefficient (Wildman–Crippen LogP) is 4.53. The van der Waals surface area contributed by atoms with Gasteiger partial charge in [-0.3, -0.25) is 4.79 Å². The fourth-order valence-corrected chi connectivity index (χ4v) is 5.64. The van der Waals surface area contributed by atoms with Crippen LogP contribution in [0.25, 0.3) is 10.2 Å². The molecule has 6 nitrogen and oxygen atoms in total. The van der Waals surface area contributed by atoms with E-state index in [-0.39, 0.29) is 5.91 Å². The minimum absolute atomic E-state index is 0.251. The van der Waals surface area contributed by atoms with E-state index in [2.05, 4.69) is 17.0 Å². The highest BCUT2D eigenvalue weighted by Gasteiger charge is 2.24. The number of nitrogens with zero attached hydrogens (tertiary/aromatic N) is 3. The smallest absolute Gasteiger partial charge is 0.222 e. The number of ether oxygens (including phenoxy) is 2. The van der Waals surface area contributed by atoms with Crippen molar-refractivity contribution in [2.24, 2.45) is 0 Å². The third-order valence-corrected chi connectivity index (χ3v) is 7.58. The Morgan fingerprint density at radius 3 is 2.45 bits per heavy atom. The molecule has 164 valence electrons. The summed E-state index contributed by atoms with van der Waals surface area (Å²) in [5.74, 6) is 2.77. The minimum atomic E-state index is 0.251. The Bertz CT molecular complexity index is 977. The van der Waals surface area contributed by atoms with Crippen molar-refractivity contribution in [1.82, 2.24) is 9.88 Å². The van der Waals surface area contributed by atoms with Gasteiger partial charge in [-0.05, 0) is 36.4 Å². The number of carbonyl (C=O) groups is 1. The van der Waals surface area contributed by atoms with Crippen LogP contribution in [-0.4, -0.2) is 61.9 Å². The number of fused-ring (bicyclic) bond motifs is 1.